The second-order valence-electron chi connectivity index (χ2n) is 7.24. The fourth-order valence-corrected chi connectivity index (χ4v) is 4.56. The average molecular weight is 371 g/mol. The predicted molar refractivity (Wildman–Crippen MR) is 98.3 cm³/mol. The molecule has 2 aliphatic carbocycles. The third-order valence-electron chi connectivity index (χ3n) is 5.75. The number of imide groups is 1. The van der Waals surface area contributed by atoms with Crippen molar-refractivity contribution in [2.75, 3.05) is 30.5 Å². The van der Waals surface area contributed by atoms with Crippen molar-refractivity contribution in [1.29, 1.82) is 0 Å². The van der Waals surface area contributed by atoms with Crippen molar-refractivity contribution in [2.45, 2.75) is 12.8 Å². The highest BCUT2D eigenvalue weighted by atomic mass is 16.6. The molecule has 27 heavy (non-hydrogen) atoms. The van der Waals surface area contributed by atoms with Crippen molar-refractivity contribution in [2.24, 2.45) is 23.7 Å². The number of carbonyl (C=O) groups excluding carboxylic acids is 2. The highest BCUT2D eigenvalue weighted by molar-refractivity contribution is 6.23. The number of hydrogen-bond donors (Lipinski definition) is 1. The first-order valence-electron chi connectivity index (χ1n) is 9.10. The van der Waals surface area contributed by atoms with Gasteiger partial charge in [0.05, 0.1) is 22.4 Å². The fraction of sp³-hybridized carbons (Fsp3) is 0.474. The molecule has 8 heteroatoms. The molecular weight excluding hydrogens is 350 g/mol. The van der Waals surface area contributed by atoms with E-state index in [-0.39, 0.29) is 46.9 Å². The van der Waals surface area contributed by atoms with Crippen molar-refractivity contribution in [1.82, 2.24) is 0 Å². The van der Waals surface area contributed by atoms with Gasteiger partial charge in [0.1, 0.15) is 5.69 Å². The summed E-state index contributed by atoms with van der Waals surface area (Å²) in [5.74, 6) is -0.901. The van der Waals surface area contributed by atoms with E-state index in [1.54, 1.807) is 19.2 Å². The van der Waals surface area contributed by atoms with E-state index < -0.39 is 4.92 Å². The molecule has 1 aromatic carbocycles. The number of nitro groups is 1. The molecule has 0 unspecified atom stereocenters. The number of rotatable bonds is 7. The van der Waals surface area contributed by atoms with E-state index in [0.717, 1.165) is 11.3 Å². The van der Waals surface area contributed by atoms with E-state index >= 15 is 0 Å². The van der Waals surface area contributed by atoms with Crippen LogP contribution in [0.2, 0.25) is 0 Å². The van der Waals surface area contributed by atoms with Gasteiger partial charge in [-0.15, -0.1) is 0 Å². The highest BCUT2D eigenvalue weighted by Gasteiger charge is 2.59. The number of hydrogen-bond acceptors (Lipinski definition) is 6. The lowest BCUT2D eigenvalue weighted by Crippen LogP contribution is -2.32. The van der Waals surface area contributed by atoms with Crippen LogP contribution in [0.4, 0.5) is 17.1 Å². The summed E-state index contributed by atoms with van der Waals surface area (Å²) >= 11 is 0. The summed E-state index contributed by atoms with van der Waals surface area (Å²) in [6.45, 7) is 1.07. The standard InChI is InChI=1S/C19H21N3O5/c1-27-8-2-7-20-14-6-5-13(10-15(14)22(25)26)21-18(23)16-11-3-4-12(9-11)17(16)19(21)24/h3-6,10-12,16-17,20H,2,7-9H2,1H3/t11-,12-,16-,17-/m0/s1. The topological polar surface area (TPSA) is 102 Å². The van der Waals surface area contributed by atoms with E-state index in [9.17, 15) is 19.7 Å². The smallest absolute Gasteiger partial charge is 0.294 e. The van der Waals surface area contributed by atoms with Crippen LogP contribution in [0.3, 0.4) is 0 Å². The molecule has 0 aromatic heterocycles. The Bertz CT molecular complexity index is 807. The second-order valence-corrected chi connectivity index (χ2v) is 7.24. The number of nitrogens with one attached hydrogen (secondary N) is 1. The minimum Gasteiger partial charge on any atom is -0.385 e. The first-order chi connectivity index (χ1) is 13.0. The summed E-state index contributed by atoms with van der Waals surface area (Å²) in [7, 11) is 1.60. The molecule has 2 amide bonds. The summed E-state index contributed by atoms with van der Waals surface area (Å²) < 4.78 is 4.97. The van der Waals surface area contributed by atoms with Gasteiger partial charge >= 0.3 is 0 Å². The van der Waals surface area contributed by atoms with Crippen LogP contribution in [0.15, 0.2) is 30.4 Å². The van der Waals surface area contributed by atoms with Gasteiger partial charge in [-0.25, -0.2) is 4.90 Å². The maximum atomic E-state index is 12.9. The van der Waals surface area contributed by atoms with Gasteiger partial charge in [0.2, 0.25) is 11.8 Å². The Morgan fingerprint density at radius 1 is 1.22 bits per heavy atom. The summed E-state index contributed by atoms with van der Waals surface area (Å²) in [5.41, 5.74) is 0.484. The van der Waals surface area contributed by atoms with Gasteiger partial charge in [0.15, 0.2) is 0 Å². The zero-order valence-electron chi connectivity index (χ0n) is 15.0. The Balaban J connectivity index is 1.59. The third-order valence-corrected chi connectivity index (χ3v) is 5.75. The second kappa shape index (κ2) is 6.77. The normalized spacial score (nSPS) is 28.1. The highest BCUT2D eigenvalue weighted by Crippen LogP contribution is 2.53. The SMILES string of the molecule is COCCCNc1ccc(N2C(=O)[C@@H]3[C@@H](C2=O)[C@H]2C=C[C@H]3C2)cc1[N+](=O)[O-]. The number of methoxy groups -OCH3 is 1. The van der Waals surface area contributed by atoms with E-state index in [4.69, 9.17) is 4.74 Å². The molecule has 0 spiro atoms. The van der Waals surface area contributed by atoms with Crippen LogP contribution >= 0.6 is 0 Å². The van der Waals surface area contributed by atoms with Crippen molar-refractivity contribution in [3.63, 3.8) is 0 Å². The molecule has 1 aromatic rings. The van der Waals surface area contributed by atoms with Crippen LogP contribution in [0.5, 0.6) is 0 Å². The Kier molecular flexibility index (Phi) is 4.43. The molecule has 3 aliphatic rings. The number of benzene rings is 1. The number of allylic oxidation sites excluding steroid dienone is 2. The van der Waals surface area contributed by atoms with Crippen molar-refractivity contribution in [3.8, 4) is 0 Å². The Morgan fingerprint density at radius 3 is 2.48 bits per heavy atom. The molecule has 4 atom stereocenters. The summed E-state index contributed by atoms with van der Waals surface area (Å²) in [5, 5.41) is 14.5. The molecule has 1 aliphatic heterocycles. The molecule has 2 bridgehead atoms. The number of carbonyl (C=O) groups is 2. The third kappa shape index (κ3) is 2.80. The van der Waals surface area contributed by atoms with Gasteiger partial charge in [-0.05, 0) is 36.8 Å². The lowest BCUT2D eigenvalue weighted by atomic mass is 9.85. The van der Waals surface area contributed by atoms with Crippen LogP contribution in [0, 0.1) is 33.8 Å². The number of amides is 2. The molecule has 1 heterocycles. The van der Waals surface area contributed by atoms with Crippen LogP contribution in [-0.4, -0.2) is 37.0 Å². The monoisotopic (exact) mass is 371 g/mol. The predicted octanol–water partition coefficient (Wildman–Crippen LogP) is 2.35. The van der Waals surface area contributed by atoms with Crippen molar-refractivity contribution >= 4 is 28.9 Å². The summed E-state index contributed by atoms with van der Waals surface area (Å²) in [6, 6.07) is 4.46. The average Bonchev–Trinajstić information content (AvgIpc) is 3.33. The van der Waals surface area contributed by atoms with Gasteiger partial charge in [-0.3, -0.25) is 19.7 Å². The number of nitrogens with zero attached hydrogens (tertiary/aromatic N) is 2. The molecule has 1 N–H and O–H groups in total. The molecule has 1 saturated heterocycles. The Morgan fingerprint density at radius 2 is 1.89 bits per heavy atom. The zero-order valence-corrected chi connectivity index (χ0v) is 15.0. The first kappa shape index (κ1) is 17.7. The van der Waals surface area contributed by atoms with Crippen molar-refractivity contribution < 1.29 is 19.2 Å². The number of fused-ring (bicyclic) bond motifs is 5. The Hall–Kier alpha value is -2.74. The molecular formula is C19H21N3O5. The van der Waals surface area contributed by atoms with Crippen molar-refractivity contribution in [3.05, 3.63) is 40.5 Å². The molecule has 8 nitrogen and oxygen atoms in total. The lowest BCUT2D eigenvalue weighted by molar-refractivity contribution is -0.383. The van der Waals surface area contributed by atoms with E-state index in [0.29, 0.717) is 25.3 Å². The van der Waals surface area contributed by atoms with Crippen LogP contribution < -0.4 is 10.2 Å². The van der Waals surface area contributed by atoms with E-state index in [1.807, 2.05) is 12.2 Å². The van der Waals surface area contributed by atoms with Gasteiger partial charge in [0, 0.05) is 26.3 Å². The first-order valence-corrected chi connectivity index (χ1v) is 9.10. The lowest BCUT2D eigenvalue weighted by Gasteiger charge is -2.18. The molecule has 0 radical (unpaired) electrons. The molecule has 142 valence electrons. The zero-order chi connectivity index (χ0) is 19.1. The maximum absolute atomic E-state index is 12.9. The van der Waals surface area contributed by atoms with Gasteiger partial charge in [-0.1, -0.05) is 12.2 Å². The maximum Gasteiger partial charge on any atom is 0.294 e. The van der Waals surface area contributed by atoms with Gasteiger partial charge < -0.3 is 10.1 Å². The molecule has 4 rings (SSSR count). The van der Waals surface area contributed by atoms with Gasteiger partial charge in [0.25, 0.3) is 5.69 Å². The largest absolute Gasteiger partial charge is 0.385 e. The van der Waals surface area contributed by atoms with Crippen LogP contribution in [0.25, 0.3) is 0 Å². The minimum atomic E-state index is -0.501. The number of ether oxygens (including phenoxy) is 1. The minimum absolute atomic E-state index is 0.109. The quantitative estimate of drug-likeness (QED) is 0.260. The number of nitro benzene ring substituents is 1. The number of anilines is 2. The van der Waals surface area contributed by atoms with E-state index in [2.05, 4.69) is 5.32 Å². The van der Waals surface area contributed by atoms with E-state index in [1.165, 1.54) is 6.07 Å². The molecule has 2 fully saturated rings. The van der Waals surface area contributed by atoms with Crippen LogP contribution in [0.1, 0.15) is 12.8 Å². The van der Waals surface area contributed by atoms with Crippen LogP contribution in [-0.2, 0) is 14.3 Å². The summed E-state index contributed by atoms with van der Waals surface area (Å²) in [4.78, 5) is 37.9. The summed E-state index contributed by atoms with van der Waals surface area (Å²) in [6.07, 6.45) is 5.61. The fourth-order valence-electron chi connectivity index (χ4n) is 4.56. The molecule has 1 saturated carbocycles. The van der Waals surface area contributed by atoms with Gasteiger partial charge in [-0.2, -0.15) is 0 Å². The Labute approximate surface area is 156 Å².